The topological polar surface area (TPSA) is 41.1 Å². The second-order valence-corrected chi connectivity index (χ2v) is 5.43. The Labute approximate surface area is 130 Å². The number of benzene rings is 2. The summed E-state index contributed by atoms with van der Waals surface area (Å²) in [6, 6.07) is 13.4. The lowest BCUT2D eigenvalue weighted by molar-refractivity contribution is 0.0977. The Morgan fingerprint density at radius 2 is 1.67 bits per heavy atom. The highest BCUT2D eigenvalue weighted by atomic mass is 32.1. The lowest BCUT2D eigenvalue weighted by Gasteiger charge is -2.12. The van der Waals surface area contributed by atoms with Crippen molar-refractivity contribution in [3.05, 3.63) is 64.7 Å². The smallest absolute Gasteiger partial charge is 0.257 e. The highest BCUT2D eigenvalue weighted by Crippen LogP contribution is 2.14. The Hall–Kier alpha value is -2.20. The first-order chi connectivity index (χ1) is 9.97. The van der Waals surface area contributed by atoms with Crippen molar-refractivity contribution in [3.8, 4) is 0 Å². The maximum atomic E-state index is 12.1. The molecule has 0 aliphatic rings. The minimum absolute atomic E-state index is 0.200. The second-order valence-electron chi connectivity index (χ2n) is 5.02. The molecular formula is C17H18N2OS. The molecule has 0 fully saturated rings. The minimum atomic E-state index is -0.200. The van der Waals surface area contributed by atoms with E-state index in [9.17, 15) is 4.79 Å². The van der Waals surface area contributed by atoms with Gasteiger partial charge in [-0.2, -0.15) is 0 Å². The average molecular weight is 298 g/mol. The maximum Gasteiger partial charge on any atom is 0.257 e. The van der Waals surface area contributed by atoms with Crippen molar-refractivity contribution in [1.82, 2.24) is 5.32 Å². The molecule has 0 bridgehead atoms. The van der Waals surface area contributed by atoms with Gasteiger partial charge in [-0.3, -0.25) is 10.1 Å². The van der Waals surface area contributed by atoms with Crippen LogP contribution in [0.25, 0.3) is 0 Å². The average Bonchev–Trinajstić information content (AvgIpc) is 2.43. The van der Waals surface area contributed by atoms with Crippen molar-refractivity contribution in [2.24, 2.45) is 0 Å². The number of rotatable bonds is 2. The first kappa shape index (κ1) is 15.2. The lowest BCUT2D eigenvalue weighted by Crippen LogP contribution is -2.34. The van der Waals surface area contributed by atoms with Gasteiger partial charge in [0.1, 0.15) is 0 Å². The van der Waals surface area contributed by atoms with Crippen molar-refractivity contribution < 1.29 is 4.79 Å². The molecule has 0 unspecified atom stereocenters. The molecule has 0 aromatic heterocycles. The zero-order valence-electron chi connectivity index (χ0n) is 12.4. The standard InChI is InChI=1S/C17H18N2OS/c1-11-8-9-14(10-13(11)3)18-17(21)19-16(20)15-7-5-4-6-12(15)2/h4-10H,1-3H3,(H2,18,19,20,21). The molecule has 0 spiro atoms. The van der Waals surface area contributed by atoms with Crippen molar-refractivity contribution in [2.45, 2.75) is 20.8 Å². The van der Waals surface area contributed by atoms with Gasteiger partial charge in [0, 0.05) is 11.3 Å². The molecule has 2 aromatic rings. The number of aryl methyl sites for hydroxylation is 3. The Bertz CT molecular complexity index is 695. The van der Waals surface area contributed by atoms with E-state index in [1.807, 2.05) is 50.2 Å². The van der Waals surface area contributed by atoms with Gasteiger partial charge in [0.2, 0.25) is 0 Å². The van der Waals surface area contributed by atoms with E-state index < -0.39 is 0 Å². The van der Waals surface area contributed by atoms with E-state index in [4.69, 9.17) is 12.2 Å². The molecule has 0 aliphatic heterocycles. The van der Waals surface area contributed by atoms with Crippen molar-refractivity contribution in [3.63, 3.8) is 0 Å². The van der Waals surface area contributed by atoms with Crippen molar-refractivity contribution in [1.29, 1.82) is 0 Å². The summed E-state index contributed by atoms with van der Waals surface area (Å²) in [5, 5.41) is 6.03. The number of anilines is 1. The van der Waals surface area contributed by atoms with Gasteiger partial charge in [-0.25, -0.2) is 0 Å². The third kappa shape index (κ3) is 3.89. The molecule has 2 rings (SSSR count). The summed E-state index contributed by atoms with van der Waals surface area (Å²) in [5.41, 5.74) is 4.81. The predicted molar refractivity (Wildman–Crippen MR) is 90.8 cm³/mol. The van der Waals surface area contributed by atoms with Gasteiger partial charge < -0.3 is 5.32 Å². The van der Waals surface area contributed by atoms with Gasteiger partial charge in [-0.15, -0.1) is 0 Å². The van der Waals surface area contributed by atoms with Crippen LogP contribution in [-0.4, -0.2) is 11.0 Å². The molecule has 108 valence electrons. The quantitative estimate of drug-likeness (QED) is 0.830. The van der Waals surface area contributed by atoms with Crippen LogP contribution in [0.15, 0.2) is 42.5 Å². The van der Waals surface area contributed by atoms with Crippen molar-refractivity contribution in [2.75, 3.05) is 5.32 Å². The number of carbonyl (C=O) groups is 1. The van der Waals surface area contributed by atoms with Crippen LogP contribution in [0.3, 0.4) is 0 Å². The van der Waals surface area contributed by atoms with E-state index in [1.165, 1.54) is 11.1 Å². The molecule has 2 N–H and O–H groups in total. The van der Waals surface area contributed by atoms with Crippen LogP contribution in [0.2, 0.25) is 0 Å². The Morgan fingerprint density at radius 3 is 2.33 bits per heavy atom. The van der Waals surface area contributed by atoms with Crippen LogP contribution < -0.4 is 10.6 Å². The zero-order chi connectivity index (χ0) is 15.4. The summed E-state index contributed by atoms with van der Waals surface area (Å²) in [7, 11) is 0. The van der Waals surface area contributed by atoms with Crippen LogP contribution in [0.1, 0.15) is 27.0 Å². The number of amides is 1. The zero-order valence-corrected chi connectivity index (χ0v) is 13.2. The monoisotopic (exact) mass is 298 g/mol. The normalized spacial score (nSPS) is 10.0. The summed E-state index contributed by atoms with van der Waals surface area (Å²) in [5.74, 6) is -0.200. The molecule has 0 saturated carbocycles. The van der Waals surface area contributed by atoms with Crippen LogP contribution >= 0.6 is 12.2 Å². The summed E-state index contributed by atoms with van der Waals surface area (Å²) in [6.07, 6.45) is 0. The second kappa shape index (κ2) is 6.50. The minimum Gasteiger partial charge on any atom is -0.332 e. The molecule has 3 nitrogen and oxygen atoms in total. The Morgan fingerprint density at radius 1 is 0.952 bits per heavy atom. The number of carbonyl (C=O) groups excluding carboxylic acids is 1. The summed E-state index contributed by atoms with van der Waals surface area (Å²) >= 11 is 5.19. The number of hydrogen-bond acceptors (Lipinski definition) is 2. The third-order valence-corrected chi connectivity index (χ3v) is 3.59. The molecule has 0 radical (unpaired) electrons. The molecule has 0 heterocycles. The maximum absolute atomic E-state index is 12.1. The van der Waals surface area contributed by atoms with E-state index in [2.05, 4.69) is 17.6 Å². The summed E-state index contributed by atoms with van der Waals surface area (Å²) < 4.78 is 0. The summed E-state index contributed by atoms with van der Waals surface area (Å²) in [6.45, 7) is 5.99. The van der Waals surface area contributed by atoms with Gasteiger partial charge in [0.15, 0.2) is 5.11 Å². The molecule has 21 heavy (non-hydrogen) atoms. The van der Waals surface area contributed by atoms with Gasteiger partial charge in [-0.1, -0.05) is 24.3 Å². The largest absolute Gasteiger partial charge is 0.332 e. The lowest BCUT2D eigenvalue weighted by atomic mass is 10.1. The van der Waals surface area contributed by atoms with Gasteiger partial charge in [-0.05, 0) is 67.9 Å². The highest BCUT2D eigenvalue weighted by Gasteiger charge is 2.10. The highest BCUT2D eigenvalue weighted by molar-refractivity contribution is 7.80. The van der Waals surface area contributed by atoms with Crippen LogP contribution in [0.4, 0.5) is 5.69 Å². The molecule has 0 saturated heterocycles. The number of nitrogens with one attached hydrogen (secondary N) is 2. The van der Waals surface area contributed by atoms with Gasteiger partial charge in [0.25, 0.3) is 5.91 Å². The SMILES string of the molecule is Cc1ccc(NC(=S)NC(=O)c2ccccc2C)cc1C. The number of thiocarbonyl (C=S) groups is 1. The molecule has 0 aliphatic carbocycles. The predicted octanol–water partition coefficient (Wildman–Crippen LogP) is 3.74. The molecule has 1 amide bonds. The fraction of sp³-hybridized carbons (Fsp3) is 0.176. The van der Waals surface area contributed by atoms with Crippen LogP contribution in [0.5, 0.6) is 0 Å². The van der Waals surface area contributed by atoms with E-state index in [1.54, 1.807) is 6.07 Å². The van der Waals surface area contributed by atoms with E-state index in [-0.39, 0.29) is 5.91 Å². The summed E-state index contributed by atoms with van der Waals surface area (Å²) in [4.78, 5) is 12.1. The first-order valence-corrected chi connectivity index (χ1v) is 7.13. The fourth-order valence-electron chi connectivity index (χ4n) is 1.98. The Kier molecular flexibility index (Phi) is 4.70. The fourth-order valence-corrected chi connectivity index (χ4v) is 2.19. The van der Waals surface area contributed by atoms with Crippen LogP contribution in [-0.2, 0) is 0 Å². The van der Waals surface area contributed by atoms with Gasteiger partial charge >= 0.3 is 0 Å². The van der Waals surface area contributed by atoms with E-state index >= 15 is 0 Å². The third-order valence-electron chi connectivity index (χ3n) is 3.38. The van der Waals surface area contributed by atoms with Crippen molar-refractivity contribution >= 4 is 28.9 Å². The molecule has 2 aromatic carbocycles. The molecule has 4 heteroatoms. The number of hydrogen-bond donors (Lipinski definition) is 2. The molecular weight excluding hydrogens is 280 g/mol. The Balaban J connectivity index is 2.03. The van der Waals surface area contributed by atoms with E-state index in [0.717, 1.165) is 11.3 Å². The van der Waals surface area contributed by atoms with Crippen LogP contribution in [0, 0.1) is 20.8 Å². The first-order valence-electron chi connectivity index (χ1n) is 6.72. The molecule has 0 atom stereocenters. The van der Waals surface area contributed by atoms with E-state index in [0.29, 0.717) is 10.7 Å². The van der Waals surface area contributed by atoms with Gasteiger partial charge in [0.05, 0.1) is 0 Å².